The average Bonchev–Trinajstić information content (AvgIpc) is 2.92. The van der Waals surface area contributed by atoms with E-state index in [-0.39, 0.29) is 0 Å². The van der Waals surface area contributed by atoms with Gasteiger partial charge in [0.25, 0.3) is 0 Å². The van der Waals surface area contributed by atoms with Crippen molar-refractivity contribution < 1.29 is 4.74 Å². The van der Waals surface area contributed by atoms with Gasteiger partial charge in [0.2, 0.25) is 0 Å². The molecule has 1 aromatic carbocycles. The van der Waals surface area contributed by atoms with Crippen molar-refractivity contribution in [3.05, 3.63) is 42.2 Å². The van der Waals surface area contributed by atoms with E-state index in [4.69, 9.17) is 4.74 Å². The largest absolute Gasteiger partial charge is 0.497 e. The second-order valence-electron chi connectivity index (χ2n) is 6.19. The minimum atomic E-state index is 0.837. The second kappa shape index (κ2) is 8.52. The highest BCUT2D eigenvalue weighted by Gasteiger charge is 2.11. The molecule has 1 fully saturated rings. The number of nitrogens with zero attached hydrogens (tertiary/aromatic N) is 3. The van der Waals surface area contributed by atoms with Crippen LogP contribution in [0.5, 0.6) is 5.75 Å². The first-order chi connectivity index (χ1) is 11.8. The molecular weight excluding hydrogens is 300 g/mol. The Bertz CT molecular complexity index is 639. The van der Waals surface area contributed by atoms with Crippen LogP contribution in [0.25, 0.3) is 0 Å². The maximum absolute atomic E-state index is 5.27. The summed E-state index contributed by atoms with van der Waals surface area (Å²) in [5.74, 6) is 2.83. The number of nitrogens with one attached hydrogen (secondary N) is 1. The summed E-state index contributed by atoms with van der Waals surface area (Å²) in [5.41, 5.74) is 1.25. The van der Waals surface area contributed by atoms with Crippen LogP contribution in [0.4, 0.5) is 11.6 Å². The molecule has 5 nitrogen and oxygen atoms in total. The van der Waals surface area contributed by atoms with Gasteiger partial charge in [0.1, 0.15) is 23.7 Å². The van der Waals surface area contributed by atoms with Crippen LogP contribution >= 0.6 is 0 Å². The van der Waals surface area contributed by atoms with E-state index in [0.29, 0.717) is 0 Å². The van der Waals surface area contributed by atoms with Crippen molar-refractivity contribution in [2.75, 3.05) is 37.0 Å². The molecule has 24 heavy (non-hydrogen) atoms. The van der Waals surface area contributed by atoms with Crippen LogP contribution in [0.15, 0.2) is 36.7 Å². The quantitative estimate of drug-likeness (QED) is 0.880. The number of methoxy groups -OCH3 is 1. The van der Waals surface area contributed by atoms with Crippen LogP contribution in [0.1, 0.15) is 31.2 Å². The van der Waals surface area contributed by atoms with Gasteiger partial charge in [0.15, 0.2) is 0 Å². The highest BCUT2D eigenvalue weighted by molar-refractivity contribution is 5.48. The zero-order chi connectivity index (χ0) is 16.6. The minimum absolute atomic E-state index is 0.837. The smallest absolute Gasteiger partial charge is 0.134 e. The number of hydrogen-bond acceptors (Lipinski definition) is 5. The third-order valence-corrected chi connectivity index (χ3v) is 4.44. The molecule has 1 aromatic heterocycles. The Morgan fingerprint density at radius 2 is 1.92 bits per heavy atom. The first-order valence-electron chi connectivity index (χ1n) is 8.79. The summed E-state index contributed by atoms with van der Waals surface area (Å²) >= 11 is 0. The van der Waals surface area contributed by atoms with Crippen molar-refractivity contribution in [3.63, 3.8) is 0 Å². The summed E-state index contributed by atoms with van der Waals surface area (Å²) in [7, 11) is 1.70. The van der Waals surface area contributed by atoms with E-state index < -0.39 is 0 Å². The summed E-state index contributed by atoms with van der Waals surface area (Å²) in [6, 6.07) is 10.2. The Hall–Kier alpha value is -2.30. The van der Waals surface area contributed by atoms with Crippen LogP contribution in [0.3, 0.4) is 0 Å². The van der Waals surface area contributed by atoms with Gasteiger partial charge in [-0.05, 0) is 37.0 Å². The molecule has 0 aliphatic carbocycles. The van der Waals surface area contributed by atoms with E-state index in [9.17, 15) is 0 Å². The maximum Gasteiger partial charge on any atom is 0.134 e. The zero-order valence-electron chi connectivity index (χ0n) is 14.4. The number of aromatic nitrogens is 2. The molecule has 3 rings (SSSR count). The molecule has 1 N–H and O–H groups in total. The molecule has 0 spiro atoms. The van der Waals surface area contributed by atoms with Gasteiger partial charge in [-0.25, -0.2) is 9.97 Å². The van der Waals surface area contributed by atoms with Crippen molar-refractivity contribution in [3.8, 4) is 5.75 Å². The van der Waals surface area contributed by atoms with Gasteiger partial charge in [-0.3, -0.25) is 0 Å². The Labute approximate surface area is 144 Å². The number of hydrogen-bond donors (Lipinski definition) is 1. The van der Waals surface area contributed by atoms with Crippen LogP contribution < -0.4 is 15.0 Å². The number of anilines is 2. The average molecular weight is 326 g/mol. The summed E-state index contributed by atoms with van der Waals surface area (Å²) in [6.45, 7) is 3.03. The topological polar surface area (TPSA) is 50.3 Å². The molecule has 5 heteroatoms. The number of benzene rings is 1. The molecule has 1 aliphatic heterocycles. The van der Waals surface area contributed by atoms with E-state index in [2.05, 4.69) is 38.4 Å². The maximum atomic E-state index is 5.27. The van der Waals surface area contributed by atoms with Crippen LogP contribution in [-0.2, 0) is 6.42 Å². The molecule has 0 amide bonds. The Kier molecular flexibility index (Phi) is 5.88. The van der Waals surface area contributed by atoms with Crippen LogP contribution in [-0.4, -0.2) is 36.7 Å². The SMILES string of the molecule is COc1cccc(CCNc2cc(N3CCCCCC3)ncn2)c1. The third kappa shape index (κ3) is 4.60. The predicted molar refractivity (Wildman–Crippen MR) is 97.9 cm³/mol. The number of ether oxygens (including phenoxy) is 1. The first kappa shape index (κ1) is 16.6. The van der Waals surface area contributed by atoms with Gasteiger partial charge in [0, 0.05) is 25.7 Å². The third-order valence-electron chi connectivity index (χ3n) is 4.44. The lowest BCUT2D eigenvalue weighted by atomic mass is 10.1. The fraction of sp³-hybridized carbons (Fsp3) is 0.474. The standard InChI is InChI=1S/C19H26N4O/c1-24-17-8-6-7-16(13-17)9-10-20-18-14-19(22-15-21-18)23-11-4-2-3-5-12-23/h6-8,13-15H,2-5,9-12H2,1H3,(H,20,21,22). The van der Waals surface area contributed by atoms with E-state index in [1.54, 1.807) is 13.4 Å². The number of rotatable bonds is 6. The van der Waals surface area contributed by atoms with Crippen LogP contribution in [0.2, 0.25) is 0 Å². The fourth-order valence-electron chi connectivity index (χ4n) is 3.08. The summed E-state index contributed by atoms with van der Waals surface area (Å²) in [6.07, 6.45) is 7.75. The summed E-state index contributed by atoms with van der Waals surface area (Å²) < 4.78 is 5.27. The molecule has 0 radical (unpaired) electrons. The highest BCUT2D eigenvalue weighted by Crippen LogP contribution is 2.19. The monoisotopic (exact) mass is 326 g/mol. The lowest BCUT2D eigenvalue weighted by molar-refractivity contribution is 0.414. The van der Waals surface area contributed by atoms with Gasteiger partial charge in [-0.2, -0.15) is 0 Å². The lowest BCUT2D eigenvalue weighted by Crippen LogP contribution is -2.25. The summed E-state index contributed by atoms with van der Waals surface area (Å²) in [4.78, 5) is 11.2. The Morgan fingerprint density at radius 1 is 1.08 bits per heavy atom. The molecule has 1 aliphatic rings. The molecule has 1 saturated heterocycles. The molecule has 0 bridgehead atoms. The van der Waals surface area contributed by atoms with Crippen molar-refractivity contribution in [1.29, 1.82) is 0 Å². The van der Waals surface area contributed by atoms with E-state index in [1.165, 1.54) is 31.2 Å². The Balaban J connectivity index is 1.56. The predicted octanol–water partition coefficient (Wildman–Crippen LogP) is 3.52. The highest BCUT2D eigenvalue weighted by atomic mass is 16.5. The zero-order valence-corrected chi connectivity index (χ0v) is 14.4. The van der Waals surface area contributed by atoms with Crippen LogP contribution in [0, 0.1) is 0 Å². The molecule has 128 valence electrons. The van der Waals surface area contributed by atoms with Gasteiger partial charge >= 0.3 is 0 Å². The van der Waals surface area contributed by atoms with Gasteiger partial charge in [-0.1, -0.05) is 25.0 Å². The molecular formula is C19H26N4O. The fourth-order valence-corrected chi connectivity index (χ4v) is 3.08. The Morgan fingerprint density at radius 3 is 2.71 bits per heavy atom. The molecule has 0 atom stereocenters. The molecule has 2 heterocycles. The first-order valence-corrected chi connectivity index (χ1v) is 8.79. The van der Waals surface area contributed by atoms with E-state index in [0.717, 1.165) is 43.4 Å². The van der Waals surface area contributed by atoms with Gasteiger partial charge in [0.05, 0.1) is 7.11 Å². The van der Waals surface area contributed by atoms with E-state index in [1.807, 2.05) is 12.1 Å². The minimum Gasteiger partial charge on any atom is -0.497 e. The van der Waals surface area contributed by atoms with Crippen molar-refractivity contribution in [2.45, 2.75) is 32.1 Å². The second-order valence-corrected chi connectivity index (χ2v) is 6.19. The van der Waals surface area contributed by atoms with Crippen molar-refractivity contribution in [2.24, 2.45) is 0 Å². The van der Waals surface area contributed by atoms with Crippen molar-refractivity contribution >= 4 is 11.6 Å². The summed E-state index contributed by atoms with van der Waals surface area (Å²) in [5, 5.41) is 3.41. The molecule has 2 aromatic rings. The normalized spacial score (nSPS) is 15.0. The molecule has 0 saturated carbocycles. The molecule has 0 unspecified atom stereocenters. The van der Waals surface area contributed by atoms with E-state index >= 15 is 0 Å². The van der Waals surface area contributed by atoms with Gasteiger partial charge in [-0.15, -0.1) is 0 Å². The van der Waals surface area contributed by atoms with Crippen molar-refractivity contribution in [1.82, 2.24) is 9.97 Å². The van der Waals surface area contributed by atoms with Gasteiger partial charge < -0.3 is 15.0 Å². The lowest BCUT2D eigenvalue weighted by Gasteiger charge is -2.21.